The molecule has 0 fully saturated rings. The van der Waals surface area contributed by atoms with E-state index in [1.165, 1.54) is 0 Å². The molecule has 4 aromatic carbocycles. The molecule has 0 amide bonds. The molecule has 0 aliphatic rings. The summed E-state index contributed by atoms with van der Waals surface area (Å²) in [7, 11) is 0. The molecule has 0 unspecified atom stereocenters. The molecule has 5 heteroatoms. The average molecular weight is 396 g/mol. The molecule has 0 bridgehead atoms. The zero-order valence-corrected chi connectivity index (χ0v) is 17.3. The number of anilines is 3. The second-order valence-corrected chi connectivity index (χ2v) is 7.53. The van der Waals surface area contributed by atoms with Gasteiger partial charge in [0.1, 0.15) is 5.69 Å². The van der Waals surface area contributed by atoms with Crippen LogP contribution in [0.25, 0.3) is 10.8 Å². The molecular formula is C25H24N4O. The number of nitrogens with zero attached hydrogens (tertiary/aromatic N) is 2. The summed E-state index contributed by atoms with van der Waals surface area (Å²) < 4.78 is 0. The van der Waals surface area contributed by atoms with Crippen LogP contribution < -0.4 is 11.1 Å². The Morgan fingerprint density at radius 3 is 2.33 bits per heavy atom. The van der Waals surface area contributed by atoms with Crippen molar-refractivity contribution in [3.8, 4) is 5.75 Å². The van der Waals surface area contributed by atoms with Gasteiger partial charge in [-0.05, 0) is 85.3 Å². The van der Waals surface area contributed by atoms with Crippen molar-refractivity contribution in [1.29, 1.82) is 0 Å². The van der Waals surface area contributed by atoms with Gasteiger partial charge in [-0.2, -0.15) is 5.11 Å². The van der Waals surface area contributed by atoms with Crippen molar-refractivity contribution >= 4 is 39.2 Å². The molecule has 0 atom stereocenters. The molecule has 4 aromatic rings. The maximum atomic E-state index is 10.8. The van der Waals surface area contributed by atoms with Gasteiger partial charge in [0.2, 0.25) is 0 Å². The van der Waals surface area contributed by atoms with Crippen LogP contribution in [0, 0.1) is 20.8 Å². The van der Waals surface area contributed by atoms with Gasteiger partial charge in [0, 0.05) is 22.4 Å². The number of nitrogens with two attached hydrogens (primary N) is 1. The Morgan fingerprint density at radius 1 is 0.833 bits per heavy atom. The van der Waals surface area contributed by atoms with Crippen LogP contribution in [0.2, 0.25) is 0 Å². The summed E-state index contributed by atoms with van der Waals surface area (Å²) in [5.74, 6) is 0.0605. The number of hydrogen-bond donors (Lipinski definition) is 3. The van der Waals surface area contributed by atoms with Crippen LogP contribution in [0.4, 0.5) is 28.4 Å². The highest BCUT2D eigenvalue weighted by Crippen LogP contribution is 2.42. The summed E-state index contributed by atoms with van der Waals surface area (Å²) in [6, 6.07) is 21.7. The lowest BCUT2D eigenvalue weighted by molar-refractivity contribution is 0.482. The summed E-state index contributed by atoms with van der Waals surface area (Å²) in [5, 5.41) is 24.4. The van der Waals surface area contributed by atoms with E-state index in [0.29, 0.717) is 22.4 Å². The lowest BCUT2D eigenvalue weighted by Crippen LogP contribution is -1.92. The number of nitrogen functional groups attached to an aromatic ring is 1. The Labute approximate surface area is 175 Å². The average Bonchev–Trinajstić information content (AvgIpc) is 2.69. The molecular weight excluding hydrogens is 372 g/mol. The van der Waals surface area contributed by atoms with Gasteiger partial charge in [-0.1, -0.05) is 24.3 Å². The molecule has 0 saturated carbocycles. The van der Waals surface area contributed by atoms with Gasteiger partial charge in [-0.15, -0.1) is 5.11 Å². The summed E-state index contributed by atoms with van der Waals surface area (Å²) in [6.07, 6.45) is 0. The van der Waals surface area contributed by atoms with E-state index in [0.717, 1.165) is 33.5 Å². The summed E-state index contributed by atoms with van der Waals surface area (Å²) in [4.78, 5) is 0. The van der Waals surface area contributed by atoms with Crippen LogP contribution in [0.3, 0.4) is 0 Å². The lowest BCUT2D eigenvalue weighted by Gasteiger charge is -2.11. The highest BCUT2D eigenvalue weighted by molar-refractivity contribution is 6.02. The van der Waals surface area contributed by atoms with E-state index in [-0.39, 0.29) is 5.75 Å². The van der Waals surface area contributed by atoms with Crippen molar-refractivity contribution in [3.63, 3.8) is 0 Å². The van der Waals surface area contributed by atoms with Crippen LogP contribution in [-0.2, 0) is 0 Å². The van der Waals surface area contributed by atoms with Gasteiger partial charge >= 0.3 is 0 Å². The fourth-order valence-corrected chi connectivity index (χ4v) is 3.60. The quantitative estimate of drug-likeness (QED) is 0.252. The van der Waals surface area contributed by atoms with E-state index in [2.05, 4.69) is 15.5 Å². The standard InChI is InChI=1S/C25H24N4O/c1-15-11-18-13-17(3)24(25(30)23(18)21(26)12-15)29-28-20-9-10-22(16(2)14-20)27-19-7-5-4-6-8-19/h4-14,27,30H,26H2,1-3H3. The number of aromatic hydroxyl groups is 1. The molecule has 4 N–H and O–H groups in total. The Hall–Kier alpha value is -3.86. The van der Waals surface area contributed by atoms with Gasteiger partial charge in [-0.25, -0.2) is 0 Å². The third-order valence-corrected chi connectivity index (χ3v) is 5.08. The van der Waals surface area contributed by atoms with Crippen molar-refractivity contribution in [3.05, 3.63) is 83.4 Å². The van der Waals surface area contributed by atoms with Crippen molar-refractivity contribution < 1.29 is 5.11 Å². The second kappa shape index (κ2) is 7.87. The molecule has 0 radical (unpaired) electrons. The molecule has 0 heterocycles. The molecule has 4 rings (SSSR count). The summed E-state index contributed by atoms with van der Waals surface area (Å²) >= 11 is 0. The van der Waals surface area contributed by atoms with Crippen LogP contribution in [0.5, 0.6) is 5.75 Å². The fraction of sp³-hybridized carbons (Fsp3) is 0.120. The highest BCUT2D eigenvalue weighted by atomic mass is 16.3. The van der Waals surface area contributed by atoms with Crippen LogP contribution in [0.1, 0.15) is 16.7 Å². The van der Waals surface area contributed by atoms with E-state index < -0.39 is 0 Å². The first-order valence-corrected chi connectivity index (χ1v) is 9.79. The number of aryl methyl sites for hydroxylation is 3. The Morgan fingerprint density at radius 2 is 1.60 bits per heavy atom. The lowest BCUT2D eigenvalue weighted by atomic mass is 10.0. The molecule has 0 aliphatic heterocycles. The molecule has 30 heavy (non-hydrogen) atoms. The second-order valence-electron chi connectivity index (χ2n) is 7.53. The van der Waals surface area contributed by atoms with E-state index in [1.54, 1.807) is 0 Å². The summed E-state index contributed by atoms with van der Waals surface area (Å²) in [5.41, 5.74) is 12.8. The van der Waals surface area contributed by atoms with Crippen LogP contribution in [-0.4, -0.2) is 5.11 Å². The predicted molar refractivity (Wildman–Crippen MR) is 125 cm³/mol. The topological polar surface area (TPSA) is 83.0 Å². The molecule has 0 aliphatic carbocycles. The minimum atomic E-state index is 0.0605. The van der Waals surface area contributed by atoms with Gasteiger partial charge < -0.3 is 16.2 Å². The maximum Gasteiger partial charge on any atom is 0.153 e. The molecule has 5 nitrogen and oxygen atoms in total. The van der Waals surface area contributed by atoms with E-state index >= 15 is 0 Å². The highest BCUT2D eigenvalue weighted by Gasteiger charge is 2.13. The number of phenols is 1. The number of nitrogens with one attached hydrogen (secondary N) is 1. The minimum absolute atomic E-state index is 0.0605. The van der Waals surface area contributed by atoms with Crippen LogP contribution >= 0.6 is 0 Å². The number of azo groups is 1. The van der Waals surface area contributed by atoms with Crippen molar-refractivity contribution in [2.24, 2.45) is 10.2 Å². The third-order valence-electron chi connectivity index (χ3n) is 5.08. The van der Waals surface area contributed by atoms with Crippen molar-refractivity contribution in [2.45, 2.75) is 20.8 Å². The van der Waals surface area contributed by atoms with E-state index in [1.807, 2.05) is 87.5 Å². The van der Waals surface area contributed by atoms with Gasteiger partial charge in [0.05, 0.1) is 5.69 Å². The Kier molecular flexibility index (Phi) is 5.11. The van der Waals surface area contributed by atoms with Gasteiger partial charge in [0.25, 0.3) is 0 Å². The number of fused-ring (bicyclic) bond motifs is 1. The van der Waals surface area contributed by atoms with Gasteiger partial charge in [-0.3, -0.25) is 0 Å². The monoisotopic (exact) mass is 396 g/mol. The first-order valence-electron chi connectivity index (χ1n) is 9.79. The smallest absolute Gasteiger partial charge is 0.153 e. The minimum Gasteiger partial charge on any atom is -0.505 e. The van der Waals surface area contributed by atoms with E-state index in [9.17, 15) is 5.11 Å². The predicted octanol–water partition coefficient (Wildman–Crippen LogP) is 7.21. The fourth-order valence-electron chi connectivity index (χ4n) is 3.60. The van der Waals surface area contributed by atoms with E-state index in [4.69, 9.17) is 5.73 Å². The number of para-hydroxylation sites is 1. The number of rotatable bonds is 4. The SMILES string of the molecule is Cc1cc(N)c2c(O)c(N=Nc3ccc(Nc4ccccc4)c(C)c3)c(C)cc2c1. The maximum absolute atomic E-state index is 10.8. The summed E-state index contributed by atoms with van der Waals surface area (Å²) in [6.45, 7) is 5.91. The first-order chi connectivity index (χ1) is 14.4. The Balaban J connectivity index is 1.65. The van der Waals surface area contributed by atoms with Crippen molar-refractivity contribution in [1.82, 2.24) is 0 Å². The molecule has 150 valence electrons. The Bertz CT molecular complexity index is 1260. The molecule has 0 spiro atoms. The van der Waals surface area contributed by atoms with Gasteiger partial charge in [0.15, 0.2) is 5.75 Å². The first kappa shape index (κ1) is 19.5. The molecule has 0 aromatic heterocycles. The number of benzene rings is 4. The normalized spacial score (nSPS) is 11.3. The van der Waals surface area contributed by atoms with Crippen LogP contribution in [0.15, 0.2) is 77.0 Å². The largest absolute Gasteiger partial charge is 0.505 e. The zero-order valence-electron chi connectivity index (χ0n) is 17.3. The third kappa shape index (κ3) is 3.82. The number of phenolic OH excluding ortho intramolecular Hbond substituents is 1. The van der Waals surface area contributed by atoms with Crippen molar-refractivity contribution in [2.75, 3.05) is 11.1 Å². The zero-order chi connectivity index (χ0) is 21.3. The number of hydrogen-bond acceptors (Lipinski definition) is 5. The molecule has 0 saturated heterocycles.